The number of para-hydroxylation sites is 1. The first-order valence-corrected chi connectivity index (χ1v) is 5.64. The highest BCUT2D eigenvalue weighted by atomic mass is 19.4. The third kappa shape index (κ3) is 2.46. The number of alkyl halides is 3. The Morgan fingerprint density at radius 3 is 2.56 bits per heavy atom. The van der Waals surface area contributed by atoms with Crippen LogP contribution < -0.4 is 5.73 Å². The molecule has 1 atom stereocenters. The zero-order valence-corrected chi connectivity index (χ0v) is 9.61. The molecule has 2 N–H and O–H groups in total. The fourth-order valence-electron chi connectivity index (χ4n) is 2.07. The Bertz CT molecular complexity index is 532. The second-order valence-electron chi connectivity index (χ2n) is 4.09. The molecule has 2 nitrogen and oxygen atoms in total. The lowest BCUT2D eigenvalue weighted by Gasteiger charge is -2.21. The Labute approximate surface area is 103 Å². The van der Waals surface area contributed by atoms with Crippen molar-refractivity contribution >= 4 is 10.9 Å². The molecule has 0 amide bonds. The molecule has 96 valence electrons. The summed E-state index contributed by atoms with van der Waals surface area (Å²) in [4.78, 5) is 4.06. The highest BCUT2D eigenvalue weighted by Crippen LogP contribution is 2.39. The third-order valence-corrected chi connectivity index (χ3v) is 2.89. The molecule has 0 aliphatic carbocycles. The van der Waals surface area contributed by atoms with Gasteiger partial charge in [-0.3, -0.25) is 4.98 Å². The van der Waals surface area contributed by atoms with Crippen molar-refractivity contribution in [1.29, 1.82) is 0 Å². The van der Waals surface area contributed by atoms with Crippen molar-refractivity contribution in [2.45, 2.75) is 18.5 Å². The molecule has 1 unspecified atom stereocenters. The molecule has 0 radical (unpaired) electrons. The van der Waals surface area contributed by atoms with Crippen LogP contribution in [0.2, 0.25) is 0 Å². The van der Waals surface area contributed by atoms with Crippen molar-refractivity contribution in [3.8, 4) is 0 Å². The number of nitrogens with two attached hydrogens (primary N) is 1. The summed E-state index contributed by atoms with van der Waals surface area (Å²) in [5, 5.41) is 0.710. The summed E-state index contributed by atoms with van der Waals surface area (Å²) in [5.41, 5.74) is 5.89. The quantitative estimate of drug-likeness (QED) is 0.913. The van der Waals surface area contributed by atoms with Crippen molar-refractivity contribution in [2.75, 3.05) is 6.54 Å². The maximum Gasteiger partial charge on any atom is 0.395 e. The standard InChI is InChI=1S/C13H13F3N2/c14-13(15,16)11(6-7-17)10-5-1-3-9-4-2-8-18-12(9)10/h1-5,8,11H,6-7,17H2. The molecule has 0 spiro atoms. The molecule has 0 aliphatic heterocycles. The lowest BCUT2D eigenvalue weighted by Crippen LogP contribution is -2.24. The van der Waals surface area contributed by atoms with E-state index >= 15 is 0 Å². The van der Waals surface area contributed by atoms with Gasteiger partial charge in [-0.15, -0.1) is 0 Å². The molecule has 0 fully saturated rings. The maximum atomic E-state index is 13.0. The van der Waals surface area contributed by atoms with Crippen molar-refractivity contribution in [2.24, 2.45) is 5.73 Å². The highest BCUT2D eigenvalue weighted by Gasteiger charge is 2.40. The van der Waals surface area contributed by atoms with Gasteiger partial charge >= 0.3 is 6.18 Å². The Hall–Kier alpha value is -1.62. The van der Waals surface area contributed by atoms with Crippen LogP contribution in [0.5, 0.6) is 0 Å². The van der Waals surface area contributed by atoms with Crippen LogP contribution in [0.4, 0.5) is 13.2 Å². The van der Waals surface area contributed by atoms with Crippen molar-refractivity contribution in [3.63, 3.8) is 0 Å². The van der Waals surface area contributed by atoms with Crippen molar-refractivity contribution < 1.29 is 13.2 Å². The van der Waals surface area contributed by atoms with Gasteiger partial charge < -0.3 is 5.73 Å². The van der Waals surface area contributed by atoms with Gasteiger partial charge in [0.1, 0.15) is 0 Å². The Kier molecular flexibility index (Phi) is 3.52. The van der Waals surface area contributed by atoms with Crippen LogP contribution in [-0.2, 0) is 0 Å². The number of halogens is 3. The Balaban J connectivity index is 2.57. The minimum absolute atomic E-state index is 0.00655. The van der Waals surface area contributed by atoms with Gasteiger partial charge in [-0.05, 0) is 24.6 Å². The van der Waals surface area contributed by atoms with Crippen LogP contribution in [-0.4, -0.2) is 17.7 Å². The number of rotatable bonds is 3. The summed E-state index contributed by atoms with van der Waals surface area (Å²) in [5.74, 6) is -1.55. The van der Waals surface area contributed by atoms with E-state index < -0.39 is 12.1 Å². The summed E-state index contributed by atoms with van der Waals surface area (Å²) in [6.45, 7) is -0.00655. The van der Waals surface area contributed by atoms with Gasteiger partial charge in [0.2, 0.25) is 0 Å². The second kappa shape index (κ2) is 4.94. The SMILES string of the molecule is NCCC(c1cccc2cccnc12)C(F)(F)F. The van der Waals surface area contributed by atoms with Crippen molar-refractivity contribution in [3.05, 3.63) is 42.1 Å². The van der Waals surface area contributed by atoms with E-state index in [9.17, 15) is 13.2 Å². The van der Waals surface area contributed by atoms with Gasteiger partial charge in [0.25, 0.3) is 0 Å². The monoisotopic (exact) mass is 254 g/mol. The first kappa shape index (κ1) is 12.8. The minimum atomic E-state index is -4.30. The number of pyridine rings is 1. The molecule has 0 saturated heterocycles. The highest BCUT2D eigenvalue weighted by molar-refractivity contribution is 5.82. The van der Waals surface area contributed by atoms with E-state index in [1.807, 2.05) is 0 Å². The van der Waals surface area contributed by atoms with Crippen LogP contribution in [0, 0.1) is 0 Å². The zero-order valence-electron chi connectivity index (χ0n) is 9.61. The Morgan fingerprint density at radius 2 is 1.89 bits per heavy atom. The molecule has 2 aromatic rings. The zero-order chi connectivity index (χ0) is 13.2. The molecule has 0 aliphatic rings. The second-order valence-corrected chi connectivity index (χ2v) is 4.09. The fraction of sp³-hybridized carbons (Fsp3) is 0.308. The lowest BCUT2D eigenvalue weighted by atomic mass is 9.93. The van der Waals surface area contributed by atoms with Crippen LogP contribution >= 0.6 is 0 Å². The molecule has 1 heterocycles. The van der Waals surface area contributed by atoms with E-state index in [-0.39, 0.29) is 18.5 Å². The summed E-state index contributed by atoms with van der Waals surface area (Å²) in [7, 11) is 0. The average molecular weight is 254 g/mol. The van der Waals surface area contributed by atoms with Gasteiger partial charge in [-0.1, -0.05) is 24.3 Å². The molecule has 2 rings (SSSR count). The molecule has 0 bridgehead atoms. The molecule has 1 aromatic heterocycles. The number of hydrogen-bond acceptors (Lipinski definition) is 2. The topological polar surface area (TPSA) is 38.9 Å². The molecular weight excluding hydrogens is 241 g/mol. The van der Waals surface area contributed by atoms with Crippen LogP contribution in [0.3, 0.4) is 0 Å². The van der Waals surface area contributed by atoms with Crippen LogP contribution in [0.25, 0.3) is 10.9 Å². The van der Waals surface area contributed by atoms with E-state index in [0.29, 0.717) is 10.9 Å². The molecule has 1 aromatic carbocycles. The van der Waals surface area contributed by atoms with E-state index in [0.717, 1.165) is 0 Å². The lowest BCUT2D eigenvalue weighted by molar-refractivity contribution is -0.151. The summed E-state index contributed by atoms with van der Waals surface area (Å²) in [6.07, 6.45) is -2.92. The van der Waals surface area contributed by atoms with Crippen LogP contribution in [0.1, 0.15) is 17.9 Å². The normalized spacial score (nSPS) is 13.8. The smallest absolute Gasteiger partial charge is 0.330 e. The van der Waals surface area contributed by atoms with Gasteiger partial charge in [0, 0.05) is 11.6 Å². The summed E-state index contributed by atoms with van der Waals surface area (Å²) in [6, 6.07) is 8.30. The van der Waals surface area contributed by atoms with Gasteiger partial charge in [0.15, 0.2) is 0 Å². The number of nitrogens with zero attached hydrogens (tertiary/aromatic N) is 1. The van der Waals surface area contributed by atoms with E-state index in [4.69, 9.17) is 5.73 Å². The fourth-order valence-corrected chi connectivity index (χ4v) is 2.07. The van der Waals surface area contributed by atoms with Gasteiger partial charge in [0.05, 0.1) is 11.4 Å². The number of fused-ring (bicyclic) bond motifs is 1. The number of benzene rings is 1. The maximum absolute atomic E-state index is 13.0. The predicted molar refractivity (Wildman–Crippen MR) is 64.2 cm³/mol. The molecule has 0 saturated carbocycles. The van der Waals surface area contributed by atoms with Gasteiger partial charge in [-0.25, -0.2) is 0 Å². The number of hydrogen-bond donors (Lipinski definition) is 1. The molecule has 5 heteroatoms. The first-order valence-electron chi connectivity index (χ1n) is 5.64. The van der Waals surface area contributed by atoms with E-state index in [2.05, 4.69) is 4.98 Å². The van der Waals surface area contributed by atoms with Crippen molar-refractivity contribution in [1.82, 2.24) is 4.98 Å². The largest absolute Gasteiger partial charge is 0.395 e. The summed E-state index contributed by atoms with van der Waals surface area (Å²) >= 11 is 0. The van der Waals surface area contributed by atoms with Gasteiger partial charge in [-0.2, -0.15) is 13.2 Å². The Morgan fingerprint density at radius 1 is 1.17 bits per heavy atom. The predicted octanol–water partition coefficient (Wildman–Crippen LogP) is 3.23. The number of aromatic nitrogens is 1. The van der Waals surface area contributed by atoms with E-state index in [1.165, 1.54) is 12.3 Å². The average Bonchev–Trinajstić information content (AvgIpc) is 2.34. The first-order chi connectivity index (χ1) is 8.54. The third-order valence-electron chi connectivity index (χ3n) is 2.89. The van der Waals surface area contributed by atoms with E-state index in [1.54, 1.807) is 24.3 Å². The minimum Gasteiger partial charge on any atom is -0.330 e. The summed E-state index contributed by atoms with van der Waals surface area (Å²) < 4.78 is 39.1. The van der Waals surface area contributed by atoms with Crippen LogP contribution in [0.15, 0.2) is 36.5 Å². The molecule has 18 heavy (non-hydrogen) atoms. The molecular formula is C13H13F3N2.